The van der Waals surface area contributed by atoms with Crippen LogP contribution in [0.2, 0.25) is 0 Å². The molecule has 3 aliphatic heterocycles. The third kappa shape index (κ3) is 3.72. The summed E-state index contributed by atoms with van der Waals surface area (Å²) in [7, 11) is 0. The van der Waals surface area contributed by atoms with Gasteiger partial charge in [-0.05, 0) is 47.4 Å². The number of ether oxygens (including phenoxy) is 3. The van der Waals surface area contributed by atoms with Crippen molar-refractivity contribution in [3.63, 3.8) is 0 Å². The number of Topliss-reactive ketones (excluding diaryl/α,β-unsaturated/α-hetero) is 1. The number of hydrogen-bond donors (Lipinski definition) is 1. The second-order valence-electron chi connectivity index (χ2n) is 9.01. The van der Waals surface area contributed by atoms with Gasteiger partial charge < -0.3 is 24.2 Å². The minimum absolute atomic E-state index is 0.0704. The Labute approximate surface area is 202 Å². The minimum atomic E-state index is -0.737. The van der Waals surface area contributed by atoms with Crippen molar-refractivity contribution in [2.45, 2.75) is 25.0 Å². The molecule has 7 heteroatoms. The van der Waals surface area contributed by atoms with E-state index in [9.17, 15) is 14.7 Å². The van der Waals surface area contributed by atoms with E-state index in [0.717, 1.165) is 29.2 Å². The smallest absolute Gasteiger partial charge is 0.295 e. The molecule has 2 saturated heterocycles. The van der Waals surface area contributed by atoms with Crippen molar-refractivity contribution >= 4 is 28.2 Å². The number of aliphatic hydroxyl groups excluding tert-OH is 1. The van der Waals surface area contributed by atoms with Gasteiger partial charge in [0, 0.05) is 18.7 Å². The van der Waals surface area contributed by atoms with Crippen LogP contribution in [0.1, 0.15) is 30.0 Å². The zero-order valence-corrected chi connectivity index (χ0v) is 19.1. The number of fused-ring (bicyclic) bond motifs is 2. The van der Waals surface area contributed by atoms with Crippen LogP contribution < -0.4 is 9.47 Å². The molecule has 3 aliphatic rings. The maximum Gasteiger partial charge on any atom is 0.295 e. The lowest BCUT2D eigenvalue weighted by Gasteiger charge is -2.28. The molecule has 1 N–H and O–H groups in total. The number of nitrogens with zero attached hydrogens (tertiary/aromatic N) is 1. The Morgan fingerprint density at radius 1 is 0.943 bits per heavy atom. The fourth-order valence-corrected chi connectivity index (χ4v) is 5.23. The average molecular weight is 472 g/mol. The number of rotatable bonds is 4. The Bertz CT molecular complexity index is 1350. The van der Waals surface area contributed by atoms with Crippen LogP contribution >= 0.6 is 0 Å². The maximum atomic E-state index is 13.4. The predicted molar refractivity (Wildman–Crippen MR) is 129 cm³/mol. The molecule has 0 spiro atoms. The molecule has 35 heavy (non-hydrogen) atoms. The molecular weight excluding hydrogens is 446 g/mol. The van der Waals surface area contributed by atoms with Gasteiger partial charge in [-0.3, -0.25) is 9.59 Å². The molecule has 3 heterocycles. The highest BCUT2D eigenvalue weighted by atomic mass is 16.6. The average Bonchev–Trinajstić information content (AvgIpc) is 3.50. The topological polar surface area (TPSA) is 85.3 Å². The maximum absolute atomic E-state index is 13.4. The summed E-state index contributed by atoms with van der Waals surface area (Å²) in [4.78, 5) is 28.3. The first-order valence-corrected chi connectivity index (χ1v) is 11.9. The van der Waals surface area contributed by atoms with Gasteiger partial charge >= 0.3 is 0 Å². The largest absolute Gasteiger partial charge is 0.507 e. The number of carbonyl (C=O) groups is 2. The Hall–Kier alpha value is -3.84. The van der Waals surface area contributed by atoms with Crippen LogP contribution in [0.3, 0.4) is 0 Å². The summed E-state index contributed by atoms with van der Waals surface area (Å²) in [6, 6.07) is 18.0. The number of benzene rings is 3. The molecule has 178 valence electrons. The molecule has 0 saturated carbocycles. The zero-order chi connectivity index (χ0) is 23.9. The molecule has 1 amide bonds. The van der Waals surface area contributed by atoms with Gasteiger partial charge in [0.15, 0.2) is 11.5 Å². The van der Waals surface area contributed by atoms with Crippen LogP contribution in [0.5, 0.6) is 11.5 Å². The number of amides is 1. The van der Waals surface area contributed by atoms with Gasteiger partial charge in [-0.25, -0.2) is 0 Å². The van der Waals surface area contributed by atoms with Gasteiger partial charge in [0.2, 0.25) is 0 Å². The molecule has 2 fully saturated rings. The summed E-state index contributed by atoms with van der Waals surface area (Å²) in [5.74, 6) is -0.480. The monoisotopic (exact) mass is 471 g/mol. The number of ketones is 1. The highest BCUT2D eigenvalue weighted by molar-refractivity contribution is 6.46. The highest BCUT2D eigenvalue weighted by Gasteiger charge is 2.47. The van der Waals surface area contributed by atoms with Crippen LogP contribution in [-0.2, 0) is 14.3 Å². The lowest BCUT2D eigenvalue weighted by molar-refractivity contribution is -0.140. The molecule has 6 rings (SSSR count). The van der Waals surface area contributed by atoms with Crippen LogP contribution in [0.4, 0.5) is 0 Å². The van der Waals surface area contributed by atoms with Crippen molar-refractivity contribution in [3.05, 3.63) is 77.4 Å². The van der Waals surface area contributed by atoms with Crippen molar-refractivity contribution in [2.75, 3.05) is 26.4 Å². The van der Waals surface area contributed by atoms with E-state index in [4.69, 9.17) is 14.2 Å². The number of likely N-dealkylation sites (tertiary alicyclic amines) is 1. The summed E-state index contributed by atoms with van der Waals surface area (Å²) < 4.78 is 17.1. The van der Waals surface area contributed by atoms with Crippen LogP contribution in [-0.4, -0.2) is 54.2 Å². The van der Waals surface area contributed by atoms with Crippen molar-refractivity contribution in [2.24, 2.45) is 0 Å². The molecule has 0 aromatic heterocycles. The first-order chi connectivity index (χ1) is 17.1. The summed E-state index contributed by atoms with van der Waals surface area (Å²) in [6.07, 6.45) is 1.61. The molecule has 2 unspecified atom stereocenters. The first-order valence-electron chi connectivity index (χ1n) is 11.9. The van der Waals surface area contributed by atoms with Gasteiger partial charge in [0.1, 0.15) is 19.0 Å². The second-order valence-corrected chi connectivity index (χ2v) is 9.01. The van der Waals surface area contributed by atoms with Gasteiger partial charge in [-0.1, -0.05) is 42.5 Å². The summed E-state index contributed by atoms with van der Waals surface area (Å²) in [5, 5.41) is 13.4. The zero-order valence-electron chi connectivity index (χ0n) is 19.1. The Morgan fingerprint density at radius 2 is 1.74 bits per heavy atom. The van der Waals surface area contributed by atoms with E-state index in [2.05, 4.69) is 0 Å². The Morgan fingerprint density at radius 3 is 2.57 bits per heavy atom. The second kappa shape index (κ2) is 8.74. The lowest BCUT2D eigenvalue weighted by Crippen LogP contribution is -2.36. The normalized spacial score (nSPS) is 23.3. The van der Waals surface area contributed by atoms with E-state index in [1.54, 1.807) is 23.1 Å². The molecule has 0 bridgehead atoms. The molecule has 0 radical (unpaired) electrons. The van der Waals surface area contributed by atoms with Crippen molar-refractivity contribution < 1.29 is 28.9 Å². The minimum Gasteiger partial charge on any atom is -0.507 e. The SMILES string of the molecule is O=C1C(=O)N(CC2CCCO2)C(c2cccc3ccccc23)/C1=C(\O)c1ccc2c(c1)OCCO2. The van der Waals surface area contributed by atoms with Gasteiger partial charge in [0.25, 0.3) is 11.7 Å². The van der Waals surface area contributed by atoms with E-state index in [-0.39, 0.29) is 24.0 Å². The molecule has 2 atom stereocenters. The molecule has 3 aromatic rings. The van der Waals surface area contributed by atoms with Gasteiger partial charge in [-0.2, -0.15) is 0 Å². The molecule has 7 nitrogen and oxygen atoms in total. The van der Waals surface area contributed by atoms with Crippen molar-refractivity contribution in [3.8, 4) is 11.5 Å². The number of hydrogen-bond acceptors (Lipinski definition) is 6. The van der Waals surface area contributed by atoms with Crippen LogP contribution in [0, 0.1) is 0 Å². The first kappa shape index (κ1) is 21.7. The van der Waals surface area contributed by atoms with E-state index in [1.807, 2.05) is 42.5 Å². The fourth-order valence-electron chi connectivity index (χ4n) is 5.23. The third-order valence-electron chi connectivity index (χ3n) is 6.90. The summed E-state index contributed by atoms with van der Waals surface area (Å²) in [5.41, 5.74) is 1.26. The summed E-state index contributed by atoms with van der Waals surface area (Å²) in [6.45, 7) is 1.79. The molecular formula is C28H25NO6. The Kier molecular flexibility index (Phi) is 5.41. The highest BCUT2D eigenvalue weighted by Crippen LogP contribution is 2.43. The van der Waals surface area contributed by atoms with E-state index in [0.29, 0.717) is 36.9 Å². The fraction of sp³-hybridized carbons (Fsp3) is 0.286. The van der Waals surface area contributed by atoms with Crippen LogP contribution in [0.15, 0.2) is 66.2 Å². The van der Waals surface area contributed by atoms with Gasteiger partial charge in [0.05, 0.1) is 17.7 Å². The third-order valence-corrected chi connectivity index (χ3v) is 6.90. The quantitative estimate of drug-likeness (QED) is 0.349. The number of aliphatic hydroxyl groups is 1. The van der Waals surface area contributed by atoms with E-state index in [1.165, 1.54) is 0 Å². The Balaban J connectivity index is 1.52. The standard InChI is InChI=1S/C28H25NO6/c30-26(18-10-11-22-23(15-18)35-14-13-34-22)24-25(21-9-3-6-17-5-1-2-8-20(17)21)29(28(32)27(24)31)16-19-7-4-12-33-19/h1-3,5-6,8-11,15,19,25,30H,4,7,12-14,16H2/b26-24+. The number of carbonyl (C=O) groups excluding carboxylic acids is 2. The predicted octanol–water partition coefficient (Wildman–Crippen LogP) is 4.21. The van der Waals surface area contributed by atoms with E-state index < -0.39 is 17.7 Å². The van der Waals surface area contributed by atoms with Crippen molar-refractivity contribution in [1.29, 1.82) is 0 Å². The van der Waals surface area contributed by atoms with E-state index >= 15 is 0 Å². The van der Waals surface area contributed by atoms with Crippen molar-refractivity contribution in [1.82, 2.24) is 4.90 Å². The molecule has 3 aromatic carbocycles. The summed E-state index contributed by atoms with van der Waals surface area (Å²) >= 11 is 0. The lowest BCUT2D eigenvalue weighted by atomic mass is 9.91. The molecule has 0 aliphatic carbocycles. The van der Waals surface area contributed by atoms with Crippen LogP contribution in [0.25, 0.3) is 16.5 Å². The van der Waals surface area contributed by atoms with Gasteiger partial charge in [-0.15, -0.1) is 0 Å².